The molecule has 5 heteroatoms. The number of hydrogen-bond acceptors (Lipinski definition) is 2. The quantitative estimate of drug-likeness (QED) is 0.838. The molecule has 0 aromatic heterocycles. The molecule has 2 nitrogen and oxygen atoms in total. The van der Waals surface area contributed by atoms with Crippen LogP contribution < -0.4 is 4.90 Å². The summed E-state index contributed by atoms with van der Waals surface area (Å²) in [6, 6.07) is 11.9. The molecule has 20 heavy (non-hydrogen) atoms. The summed E-state index contributed by atoms with van der Waals surface area (Å²) in [5, 5.41) is 8.66. The van der Waals surface area contributed by atoms with Crippen LogP contribution in [0.1, 0.15) is 11.1 Å². The molecule has 0 fully saturated rings. The molecule has 0 aliphatic heterocycles. The fourth-order valence-electron chi connectivity index (χ4n) is 1.91. The van der Waals surface area contributed by atoms with Gasteiger partial charge in [-0.05, 0) is 29.8 Å². The third kappa shape index (κ3) is 2.97. The van der Waals surface area contributed by atoms with Gasteiger partial charge in [0.25, 0.3) is 0 Å². The van der Waals surface area contributed by atoms with E-state index in [1.54, 1.807) is 18.0 Å². The predicted molar refractivity (Wildman–Crippen MR) is 77.3 cm³/mol. The molecule has 0 atom stereocenters. The average Bonchev–Trinajstić information content (AvgIpc) is 2.41. The number of anilines is 1. The van der Waals surface area contributed by atoms with Crippen molar-refractivity contribution in [3.63, 3.8) is 0 Å². The van der Waals surface area contributed by atoms with Crippen LogP contribution in [0.15, 0.2) is 40.9 Å². The smallest absolute Gasteiger partial charge is 0.183 e. The van der Waals surface area contributed by atoms with E-state index in [9.17, 15) is 8.78 Å². The maximum atomic E-state index is 13.9. The summed E-state index contributed by atoms with van der Waals surface area (Å²) in [6.07, 6.45) is 0. The lowest BCUT2D eigenvalue weighted by Gasteiger charge is -2.20. The first kappa shape index (κ1) is 14.5. The average molecular weight is 337 g/mol. The van der Waals surface area contributed by atoms with Crippen molar-refractivity contribution in [2.45, 2.75) is 6.54 Å². The number of halogens is 3. The molecule has 0 bridgehead atoms. The van der Waals surface area contributed by atoms with Gasteiger partial charge in [-0.2, -0.15) is 5.26 Å². The first-order chi connectivity index (χ1) is 9.52. The van der Waals surface area contributed by atoms with E-state index in [4.69, 9.17) is 5.26 Å². The van der Waals surface area contributed by atoms with Crippen LogP contribution in [0.2, 0.25) is 0 Å². The Morgan fingerprint density at radius 3 is 2.60 bits per heavy atom. The van der Waals surface area contributed by atoms with E-state index in [0.29, 0.717) is 6.54 Å². The SMILES string of the molecule is CN(Cc1cccc(Br)c1)c1ccc(C#N)c(F)c1F. The lowest BCUT2D eigenvalue weighted by Crippen LogP contribution is -2.18. The van der Waals surface area contributed by atoms with Crippen molar-refractivity contribution in [3.05, 3.63) is 63.6 Å². The van der Waals surface area contributed by atoms with Crippen molar-refractivity contribution in [3.8, 4) is 6.07 Å². The van der Waals surface area contributed by atoms with Gasteiger partial charge in [-0.3, -0.25) is 0 Å². The van der Waals surface area contributed by atoms with Crippen LogP contribution >= 0.6 is 15.9 Å². The normalized spacial score (nSPS) is 10.2. The molecule has 0 aliphatic carbocycles. The van der Waals surface area contributed by atoms with Crippen molar-refractivity contribution in [2.24, 2.45) is 0 Å². The Labute approximate surface area is 124 Å². The van der Waals surface area contributed by atoms with Gasteiger partial charge in [-0.1, -0.05) is 28.1 Å². The summed E-state index contributed by atoms with van der Waals surface area (Å²) in [5.74, 6) is -2.10. The van der Waals surface area contributed by atoms with Gasteiger partial charge in [0.2, 0.25) is 0 Å². The van der Waals surface area contributed by atoms with E-state index >= 15 is 0 Å². The van der Waals surface area contributed by atoms with Crippen molar-refractivity contribution in [2.75, 3.05) is 11.9 Å². The molecule has 2 aromatic carbocycles. The first-order valence-electron chi connectivity index (χ1n) is 5.86. The number of nitrogens with zero attached hydrogens (tertiary/aromatic N) is 2. The second-order valence-corrected chi connectivity index (χ2v) is 5.27. The molecular weight excluding hydrogens is 326 g/mol. The van der Waals surface area contributed by atoms with Gasteiger partial charge in [0, 0.05) is 18.1 Å². The van der Waals surface area contributed by atoms with E-state index in [-0.39, 0.29) is 11.3 Å². The zero-order valence-corrected chi connectivity index (χ0v) is 12.3. The van der Waals surface area contributed by atoms with Gasteiger partial charge < -0.3 is 4.90 Å². The fraction of sp³-hybridized carbons (Fsp3) is 0.133. The van der Waals surface area contributed by atoms with Crippen LogP contribution in [-0.2, 0) is 6.54 Å². The maximum absolute atomic E-state index is 13.9. The molecule has 0 N–H and O–H groups in total. The number of rotatable bonds is 3. The van der Waals surface area contributed by atoms with E-state index in [1.165, 1.54) is 12.1 Å². The van der Waals surface area contributed by atoms with Crippen LogP contribution in [0.4, 0.5) is 14.5 Å². The van der Waals surface area contributed by atoms with Gasteiger partial charge in [0.15, 0.2) is 11.6 Å². The molecule has 0 unspecified atom stereocenters. The minimum Gasteiger partial charge on any atom is -0.368 e. The molecule has 0 heterocycles. The molecule has 0 radical (unpaired) electrons. The zero-order chi connectivity index (χ0) is 14.7. The number of benzene rings is 2. The third-order valence-electron chi connectivity index (χ3n) is 2.90. The van der Waals surface area contributed by atoms with Crippen LogP contribution in [0.25, 0.3) is 0 Å². The summed E-state index contributed by atoms with van der Waals surface area (Å²) in [6.45, 7) is 0.432. The molecule has 102 valence electrons. The Morgan fingerprint density at radius 2 is 1.95 bits per heavy atom. The van der Waals surface area contributed by atoms with Crippen molar-refractivity contribution in [1.82, 2.24) is 0 Å². The van der Waals surface area contributed by atoms with Gasteiger partial charge in [0.05, 0.1) is 11.3 Å². The minimum atomic E-state index is -1.11. The third-order valence-corrected chi connectivity index (χ3v) is 3.40. The Bertz CT molecular complexity index is 680. The van der Waals surface area contributed by atoms with E-state index in [2.05, 4.69) is 15.9 Å². The Balaban J connectivity index is 2.28. The van der Waals surface area contributed by atoms with Gasteiger partial charge in [0.1, 0.15) is 6.07 Å². The minimum absolute atomic E-state index is 0.126. The van der Waals surface area contributed by atoms with Crippen LogP contribution in [0.5, 0.6) is 0 Å². The second-order valence-electron chi connectivity index (χ2n) is 4.36. The van der Waals surface area contributed by atoms with Crippen molar-refractivity contribution >= 4 is 21.6 Å². The van der Waals surface area contributed by atoms with Gasteiger partial charge in [-0.15, -0.1) is 0 Å². The lowest BCUT2D eigenvalue weighted by molar-refractivity contribution is 0.505. The highest BCUT2D eigenvalue weighted by atomic mass is 79.9. The highest BCUT2D eigenvalue weighted by Gasteiger charge is 2.16. The monoisotopic (exact) mass is 336 g/mol. The Hall–Kier alpha value is -1.93. The molecule has 2 rings (SSSR count). The predicted octanol–water partition coefficient (Wildman–Crippen LogP) is 4.24. The van der Waals surface area contributed by atoms with Gasteiger partial charge >= 0.3 is 0 Å². The maximum Gasteiger partial charge on any atom is 0.183 e. The fourth-order valence-corrected chi connectivity index (χ4v) is 2.36. The number of nitriles is 1. The van der Waals surface area contributed by atoms with Crippen LogP contribution in [0, 0.1) is 23.0 Å². The largest absolute Gasteiger partial charge is 0.368 e. The first-order valence-corrected chi connectivity index (χ1v) is 6.66. The lowest BCUT2D eigenvalue weighted by atomic mass is 10.1. The van der Waals surface area contributed by atoms with E-state index < -0.39 is 11.6 Å². The topological polar surface area (TPSA) is 27.0 Å². The van der Waals surface area contributed by atoms with Crippen molar-refractivity contribution < 1.29 is 8.78 Å². The Morgan fingerprint density at radius 1 is 1.20 bits per heavy atom. The summed E-state index contributed by atoms with van der Waals surface area (Å²) in [5.41, 5.74) is 0.801. The zero-order valence-electron chi connectivity index (χ0n) is 10.7. The summed E-state index contributed by atoms with van der Waals surface area (Å²) in [4.78, 5) is 1.60. The summed E-state index contributed by atoms with van der Waals surface area (Å²) >= 11 is 3.36. The Kier molecular flexibility index (Phi) is 4.35. The molecular formula is C15H11BrF2N2. The number of hydrogen-bond donors (Lipinski definition) is 0. The highest BCUT2D eigenvalue weighted by Crippen LogP contribution is 2.24. The molecule has 0 saturated heterocycles. The summed E-state index contributed by atoms with van der Waals surface area (Å²) < 4.78 is 28.4. The van der Waals surface area contributed by atoms with Crippen LogP contribution in [0.3, 0.4) is 0 Å². The van der Waals surface area contributed by atoms with Crippen LogP contribution in [-0.4, -0.2) is 7.05 Å². The molecule has 2 aromatic rings. The second kappa shape index (κ2) is 6.02. The van der Waals surface area contributed by atoms with Gasteiger partial charge in [-0.25, -0.2) is 8.78 Å². The van der Waals surface area contributed by atoms with Crippen molar-refractivity contribution in [1.29, 1.82) is 5.26 Å². The standard InChI is InChI=1S/C15H11BrF2N2/c1-20(9-10-3-2-4-12(16)7-10)13-6-5-11(8-19)14(17)15(13)18/h2-7H,9H2,1H3. The summed E-state index contributed by atoms with van der Waals surface area (Å²) in [7, 11) is 1.67. The van der Waals surface area contributed by atoms with E-state index in [0.717, 1.165) is 10.0 Å². The molecule has 0 spiro atoms. The van der Waals surface area contributed by atoms with E-state index in [1.807, 2.05) is 24.3 Å². The highest BCUT2D eigenvalue weighted by molar-refractivity contribution is 9.10. The molecule has 0 aliphatic rings. The molecule has 0 saturated carbocycles. The molecule has 0 amide bonds.